The van der Waals surface area contributed by atoms with Crippen LogP contribution >= 0.6 is 0 Å². The van der Waals surface area contributed by atoms with Gasteiger partial charge in [0.25, 0.3) is 0 Å². The molecule has 0 radical (unpaired) electrons. The van der Waals surface area contributed by atoms with Crippen LogP contribution in [0.4, 0.5) is 5.95 Å². The summed E-state index contributed by atoms with van der Waals surface area (Å²) in [6.45, 7) is 3.81. The van der Waals surface area contributed by atoms with Gasteiger partial charge in [0.15, 0.2) is 0 Å². The van der Waals surface area contributed by atoms with Crippen molar-refractivity contribution in [3.05, 3.63) is 18.0 Å². The molecule has 2 rings (SSSR count). The Morgan fingerprint density at radius 2 is 2.22 bits per heavy atom. The number of hydrogen-bond donors (Lipinski definition) is 1. The minimum Gasteiger partial charge on any atom is -0.481 e. The molecule has 1 aromatic rings. The SMILES string of the molecule is Cc1ccnc(N2CCC(CCC(=O)O)CC2)n1. The largest absolute Gasteiger partial charge is 0.481 e. The van der Waals surface area contributed by atoms with Gasteiger partial charge in [0.1, 0.15) is 0 Å². The minimum absolute atomic E-state index is 0.283. The molecule has 0 bridgehead atoms. The molecule has 2 heterocycles. The molecule has 1 N–H and O–H groups in total. The normalized spacial score (nSPS) is 16.8. The van der Waals surface area contributed by atoms with Crippen LogP contribution in [0.3, 0.4) is 0 Å². The zero-order valence-corrected chi connectivity index (χ0v) is 10.7. The first kappa shape index (κ1) is 12.8. The third-order valence-electron chi connectivity index (χ3n) is 3.45. The average Bonchev–Trinajstić information content (AvgIpc) is 2.37. The summed E-state index contributed by atoms with van der Waals surface area (Å²) in [4.78, 5) is 21.4. The van der Waals surface area contributed by atoms with Gasteiger partial charge in [0, 0.05) is 31.4 Å². The lowest BCUT2D eigenvalue weighted by Crippen LogP contribution is -2.35. The Morgan fingerprint density at radius 3 is 2.83 bits per heavy atom. The number of aromatic nitrogens is 2. The molecule has 0 spiro atoms. The highest BCUT2D eigenvalue weighted by Gasteiger charge is 2.21. The van der Waals surface area contributed by atoms with E-state index in [1.54, 1.807) is 6.20 Å². The number of aryl methyl sites for hydroxylation is 1. The smallest absolute Gasteiger partial charge is 0.303 e. The first-order valence-corrected chi connectivity index (χ1v) is 6.41. The van der Waals surface area contributed by atoms with Crippen LogP contribution in [0.2, 0.25) is 0 Å². The molecule has 0 aromatic carbocycles. The molecule has 5 heteroatoms. The Morgan fingerprint density at radius 1 is 1.50 bits per heavy atom. The Bertz CT molecular complexity index is 414. The number of aliphatic carboxylic acids is 1. The summed E-state index contributed by atoms with van der Waals surface area (Å²) in [6, 6.07) is 1.89. The maximum absolute atomic E-state index is 10.5. The molecule has 1 fully saturated rings. The van der Waals surface area contributed by atoms with E-state index in [4.69, 9.17) is 5.11 Å². The van der Waals surface area contributed by atoms with Gasteiger partial charge in [-0.15, -0.1) is 0 Å². The molecule has 0 atom stereocenters. The van der Waals surface area contributed by atoms with Crippen molar-refractivity contribution in [3.63, 3.8) is 0 Å². The topological polar surface area (TPSA) is 66.3 Å². The number of nitrogens with zero attached hydrogens (tertiary/aromatic N) is 3. The Hall–Kier alpha value is -1.65. The Balaban J connectivity index is 1.85. The van der Waals surface area contributed by atoms with Crippen LogP contribution < -0.4 is 4.90 Å². The molecule has 0 aliphatic carbocycles. The molecule has 1 aromatic heterocycles. The van der Waals surface area contributed by atoms with E-state index in [1.807, 2.05) is 13.0 Å². The number of rotatable bonds is 4. The van der Waals surface area contributed by atoms with Crippen molar-refractivity contribution in [2.75, 3.05) is 18.0 Å². The minimum atomic E-state index is -0.695. The van der Waals surface area contributed by atoms with Gasteiger partial charge in [-0.3, -0.25) is 4.79 Å². The molecular formula is C13H19N3O2. The number of anilines is 1. The maximum Gasteiger partial charge on any atom is 0.303 e. The van der Waals surface area contributed by atoms with E-state index < -0.39 is 5.97 Å². The summed E-state index contributed by atoms with van der Waals surface area (Å²) in [5, 5.41) is 8.67. The van der Waals surface area contributed by atoms with Gasteiger partial charge in [-0.1, -0.05) is 0 Å². The molecule has 1 aliphatic rings. The van der Waals surface area contributed by atoms with E-state index in [-0.39, 0.29) is 6.42 Å². The summed E-state index contributed by atoms with van der Waals surface area (Å²) < 4.78 is 0. The van der Waals surface area contributed by atoms with E-state index in [0.717, 1.165) is 44.0 Å². The second-order valence-electron chi connectivity index (χ2n) is 4.86. The van der Waals surface area contributed by atoms with E-state index in [2.05, 4.69) is 14.9 Å². The predicted octanol–water partition coefficient (Wildman–Crippen LogP) is 1.87. The number of carbonyl (C=O) groups is 1. The first-order chi connectivity index (χ1) is 8.65. The van der Waals surface area contributed by atoms with E-state index in [1.165, 1.54) is 0 Å². The molecule has 1 saturated heterocycles. The van der Waals surface area contributed by atoms with Crippen LogP contribution in [-0.4, -0.2) is 34.1 Å². The zero-order chi connectivity index (χ0) is 13.0. The van der Waals surface area contributed by atoms with Crippen molar-refractivity contribution >= 4 is 11.9 Å². The van der Waals surface area contributed by atoms with Crippen molar-refractivity contribution in [1.29, 1.82) is 0 Å². The lowest BCUT2D eigenvalue weighted by Gasteiger charge is -2.31. The van der Waals surface area contributed by atoms with Crippen molar-refractivity contribution in [2.45, 2.75) is 32.6 Å². The highest BCUT2D eigenvalue weighted by Crippen LogP contribution is 2.24. The molecule has 5 nitrogen and oxygen atoms in total. The van der Waals surface area contributed by atoms with Crippen molar-refractivity contribution in [2.24, 2.45) is 5.92 Å². The summed E-state index contributed by atoms with van der Waals surface area (Å²) >= 11 is 0. The molecular weight excluding hydrogens is 230 g/mol. The van der Waals surface area contributed by atoms with Crippen LogP contribution in [0.25, 0.3) is 0 Å². The lowest BCUT2D eigenvalue weighted by atomic mass is 9.92. The number of piperidine rings is 1. The number of carboxylic acid groups (broad SMARTS) is 1. The van der Waals surface area contributed by atoms with Crippen LogP contribution in [0.1, 0.15) is 31.4 Å². The molecule has 0 amide bonds. The summed E-state index contributed by atoms with van der Waals surface area (Å²) in [5.74, 6) is 0.633. The fourth-order valence-corrected chi connectivity index (χ4v) is 2.34. The quantitative estimate of drug-likeness (QED) is 0.882. The number of hydrogen-bond acceptors (Lipinski definition) is 4. The fourth-order valence-electron chi connectivity index (χ4n) is 2.34. The third kappa shape index (κ3) is 3.42. The molecule has 0 unspecified atom stereocenters. The lowest BCUT2D eigenvalue weighted by molar-refractivity contribution is -0.137. The van der Waals surface area contributed by atoms with Gasteiger partial charge in [0.2, 0.25) is 5.95 Å². The van der Waals surface area contributed by atoms with Gasteiger partial charge < -0.3 is 10.0 Å². The third-order valence-corrected chi connectivity index (χ3v) is 3.45. The van der Waals surface area contributed by atoms with Crippen LogP contribution in [0.5, 0.6) is 0 Å². The van der Waals surface area contributed by atoms with Gasteiger partial charge in [0.05, 0.1) is 0 Å². The highest BCUT2D eigenvalue weighted by atomic mass is 16.4. The van der Waals surface area contributed by atoms with Crippen LogP contribution in [0, 0.1) is 12.8 Å². The van der Waals surface area contributed by atoms with Gasteiger partial charge in [-0.05, 0) is 38.2 Å². The van der Waals surface area contributed by atoms with Gasteiger partial charge in [-0.2, -0.15) is 0 Å². The summed E-state index contributed by atoms with van der Waals surface area (Å²) in [7, 11) is 0. The second kappa shape index (κ2) is 5.80. The fraction of sp³-hybridized carbons (Fsp3) is 0.615. The maximum atomic E-state index is 10.5. The monoisotopic (exact) mass is 249 g/mol. The van der Waals surface area contributed by atoms with Crippen LogP contribution in [-0.2, 0) is 4.79 Å². The predicted molar refractivity (Wildman–Crippen MR) is 68.6 cm³/mol. The van der Waals surface area contributed by atoms with E-state index >= 15 is 0 Å². The molecule has 1 aliphatic heterocycles. The van der Waals surface area contributed by atoms with Gasteiger partial charge >= 0.3 is 5.97 Å². The van der Waals surface area contributed by atoms with E-state index in [9.17, 15) is 4.79 Å². The zero-order valence-electron chi connectivity index (χ0n) is 10.7. The van der Waals surface area contributed by atoms with Gasteiger partial charge in [-0.25, -0.2) is 9.97 Å². The average molecular weight is 249 g/mol. The highest BCUT2D eigenvalue weighted by molar-refractivity contribution is 5.66. The Kier molecular flexibility index (Phi) is 4.12. The van der Waals surface area contributed by atoms with Crippen molar-refractivity contribution in [3.8, 4) is 0 Å². The number of carboxylic acids is 1. The molecule has 18 heavy (non-hydrogen) atoms. The van der Waals surface area contributed by atoms with Crippen molar-refractivity contribution in [1.82, 2.24) is 9.97 Å². The van der Waals surface area contributed by atoms with Crippen LogP contribution in [0.15, 0.2) is 12.3 Å². The van der Waals surface area contributed by atoms with E-state index in [0.29, 0.717) is 5.92 Å². The van der Waals surface area contributed by atoms with Crippen molar-refractivity contribution < 1.29 is 9.90 Å². The second-order valence-corrected chi connectivity index (χ2v) is 4.86. The summed E-state index contributed by atoms with van der Waals surface area (Å²) in [6.07, 6.45) is 4.92. The summed E-state index contributed by atoms with van der Waals surface area (Å²) in [5.41, 5.74) is 0.980. The molecule has 0 saturated carbocycles. The standard InChI is InChI=1S/C13H19N3O2/c1-10-4-7-14-13(15-10)16-8-5-11(6-9-16)2-3-12(17)18/h4,7,11H,2-3,5-6,8-9H2,1H3,(H,17,18). The Labute approximate surface area is 107 Å². The molecule has 98 valence electrons. The first-order valence-electron chi connectivity index (χ1n) is 6.41.